The summed E-state index contributed by atoms with van der Waals surface area (Å²) >= 11 is 0. The molecule has 1 heterocycles. The molecule has 6 nitrogen and oxygen atoms in total. The molecule has 1 aliphatic rings. The molecule has 0 radical (unpaired) electrons. The number of benzene rings is 1. The number of carboxylic acid groups (broad SMARTS) is 1. The third kappa shape index (κ3) is 2.90. The Labute approximate surface area is 124 Å². The van der Waals surface area contributed by atoms with E-state index in [4.69, 9.17) is 14.2 Å². The summed E-state index contributed by atoms with van der Waals surface area (Å²) in [6, 6.07) is 3.67. The second-order valence-corrected chi connectivity index (χ2v) is 5.23. The highest BCUT2D eigenvalue weighted by Crippen LogP contribution is 2.42. The van der Waals surface area contributed by atoms with Crippen molar-refractivity contribution in [3.63, 3.8) is 0 Å². The van der Waals surface area contributed by atoms with Crippen molar-refractivity contribution in [3.05, 3.63) is 17.7 Å². The molecule has 2 atom stereocenters. The number of carbonyl (C=O) groups is 1. The molecule has 1 saturated heterocycles. The molecule has 6 heteroatoms. The normalized spacial score (nSPS) is 22.1. The summed E-state index contributed by atoms with van der Waals surface area (Å²) < 4.78 is 16.0. The zero-order valence-electron chi connectivity index (χ0n) is 12.8. The van der Waals surface area contributed by atoms with Crippen molar-refractivity contribution in [1.29, 1.82) is 0 Å². The number of hydrogen-bond acceptors (Lipinski definition) is 5. The molecule has 0 amide bonds. The first kappa shape index (κ1) is 15.4. The van der Waals surface area contributed by atoms with Crippen molar-refractivity contribution >= 4 is 5.97 Å². The molecular formula is C15H21NO5. The predicted octanol–water partition coefficient (Wildman–Crippen LogP) is 1.44. The van der Waals surface area contributed by atoms with E-state index in [2.05, 4.69) is 0 Å². The maximum Gasteiger partial charge on any atom is 0.308 e. The number of hydrogen-bond donors (Lipinski definition) is 1. The summed E-state index contributed by atoms with van der Waals surface area (Å²) in [5.41, 5.74) is 0.890. The van der Waals surface area contributed by atoms with Crippen LogP contribution >= 0.6 is 0 Å². The molecule has 116 valence electrons. The van der Waals surface area contributed by atoms with E-state index in [0.717, 1.165) is 5.56 Å². The van der Waals surface area contributed by atoms with Crippen molar-refractivity contribution in [1.82, 2.24) is 4.90 Å². The molecule has 2 unspecified atom stereocenters. The highest BCUT2D eigenvalue weighted by Gasteiger charge is 2.37. The Bertz CT molecular complexity index is 506. The van der Waals surface area contributed by atoms with Crippen LogP contribution in [0, 0.1) is 5.92 Å². The summed E-state index contributed by atoms with van der Waals surface area (Å²) in [6.45, 7) is 1.23. The zero-order valence-corrected chi connectivity index (χ0v) is 12.8. The molecule has 0 bridgehead atoms. The van der Waals surface area contributed by atoms with Crippen LogP contribution in [0.15, 0.2) is 12.1 Å². The van der Waals surface area contributed by atoms with Crippen molar-refractivity contribution < 1.29 is 24.1 Å². The average molecular weight is 295 g/mol. The van der Waals surface area contributed by atoms with Gasteiger partial charge >= 0.3 is 5.97 Å². The lowest BCUT2D eigenvalue weighted by Gasteiger charge is -2.19. The fourth-order valence-electron chi connectivity index (χ4n) is 2.90. The number of methoxy groups -OCH3 is 3. The Hall–Kier alpha value is -1.95. The number of carboxylic acids is 1. The lowest BCUT2D eigenvalue weighted by atomic mass is 9.88. The molecule has 21 heavy (non-hydrogen) atoms. The van der Waals surface area contributed by atoms with Gasteiger partial charge in [-0.15, -0.1) is 0 Å². The number of aliphatic carboxylic acids is 1. The number of likely N-dealkylation sites (tertiary alicyclic amines) is 1. The van der Waals surface area contributed by atoms with Crippen LogP contribution in [-0.4, -0.2) is 57.4 Å². The van der Waals surface area contributed by atoms with Gasteiger partial charge in [0.15, 0.2) is 11.5 Å². The first-order valence-electron chi connectivity index (χ1n) is 6.73. The fraction of sp³-hybridized carbons (Fsp3) is 0.533. The van der Waals surface area contributed by atoms with E-state index in [-0.39, 0.29) is 5.92 Å². The van der Waals surface area contributed by atoms with Gasteiger partial charge in [0.2, 0.25) is 5.75 Å². The molecule has 0 aromatic heterocycles. The van der Waals surface area contributed by atoms with Gasteiger partial charge in [-0.05, 0) is 24.7 Å². The summed E-state index contributed by atoms with van der Waals surface area (Å²) in [5.74, 6) is 0.301. The van der Waals surface area contributed by atoms with Crippen LogP contribution in [0.2, 0.25) is 0 Å². The van der Waals surface area contributed by atoms with Gasteiger partial charge < -0.3 is 24.2 Å². The molecular weight excluding hydrogens is 274 g/mol. The second-order valence-electron chi connectivity index (χ2n) is 5.23. The number of rotatable bonds is 5. The summed E-state index contributed by atoms with van der Waals surface area (Å²) in [4.78, 5) is 13.5. The molecule has 2 rings (SSSR count). The lowest BCUT2D eigenvalue weighted by Crippen LogP contribution is -2.21. The Balaban J connectivity index is 2.46. The molecule has 1 fully saturated rings. The van der Waals surface area contributed by atoms with Gasteiger partial charge in [-0.3, -0.25) is 4.79 Å². The van der Waals surface area contributed by atoms with Crippen LogP contribution in [0.5, 0.6) is 17.2 Å². The molecule has 0 saturated carbocycles. The molecule has 1 N–H and O–H groups in total. The van der Waals surface area contributed by atoms with Gasteiger partial charge in [0, 0.05) is 19.0 Å². The van der Waals surface area contributed by atoms with Crippen molar-refractivity contribution in [2.45, 2.75) is 5.92 Å². The maximum absolute atomic E-state index is 11.4. The lowest BCUT2D eigenvalue weighted by molar-refractivity contribution is -0.141. The molecule has 0 aliphatic carbocycles. The van der Waals surface area contributed by atoms with E-state index in [0.29, 0.717) is 30.3 Å². The topological polar surface area (TPSA) is 68.2 Å². The van der Waals surface area contributed by atoms with Crippen LogP contribution in [0.3, 0.4) is 0 Å². The Morgan fingerprint density at radius 1 is 1.14 bits per heavy atom. The van der Waals surface area contributed by atoms with Gasteiger partial charge in [0.1, 0.15) is 0 Å². The summed E-state index contributed by atoms with van der Waals surface area (Å²) in [6.07, 6.45) is 0. The first-order valence-corrected chi connectivity index (χ1v) is 6.73. The van der Waals surface area contributed by atoms with Gasteiger partial charge in [-0.2, -0.15) is 0 Å². The summed E-state index contributed by atoms with van der Waals surface area (Å²) in [7, 11) is 6.57. The number of likely N-dealkylation sites (N-methyl/N-ethyl adjacent to an activating group) is 1. The SMILES string of the molecule is COc1cc(C2CN(C)CC2C(=O)O)cc(OC)c1OC. The summed E-state index contributed by atoms with van der Waals surface area (Å²) in [5, 5.41) is 9.40. The standard InChI is InChI=1S/C15H21NO5/c1-16-7-10(11(8-16)15(17)18)9-5-12(19-2)14(21-4)13(6-9)20-3/h5-6,10-11H,7-8H2,1-4H3,(H,17,18). The average Bonchev–Trinajstić information content (AvgIpc) is 2.87. The third-order valence-electron chi connectivity index (χ3n) is 3.93. The Morgan fingerprint density at radius 3 is 2.14 bits per heavy atom. The molecule has 0 spiro atoms. The van der Waals surface area contributed by atoms with Gasteiger partial charge in [0.05, 0.1) is 27.2 Å². The van der Waals surface area contributed by atoms with Crippen LogP contribution in [0.25, 0.3) is 0 Å². The van der Waals surface area contributed by atoms with Crippen LogP contribution in [0.1, 0.15) is 11.5 Å². The highest BCUT2D eigenvalue weighted by molar-refractivity contribution is 5.72. The second kappa shape index (κ2) is 6.22. The van der Waals surface area contributed by atoms with Gasteiger partial charge in [0.25, 0.3) is 0 Å². The van der Waals surface area contributed by atoms with Gasteiger partial charge in [-0.25, -0.2) is 0 Å². The Morgan fingerprint density at radius 2 is 1.71 bits per heavy atom. The van der Waals surface area contributed by atoms with Crippen LogP contribution in [-0.2, 0) is 4.79 Å². The monoisotopic (exact) mass is 295 g/mol. The van der Waals surface area contributed by atoms with Crippen molar-refractivity contribution in [3.8, 4) is 17.2 Å². The van der Waals surface area contributed by atoms with E-state index in [1.54, 1.807) is 21.3 Å². The van der Waals surface area contributed by atoms with E-state index in [1.165, 1.54) is 0 Å². The molecule has 1 aromatic rings. The van der Waals surface area contributed by atoms with Crippen LogP contribution < -0.4 is 14.2 Å². The van der Waals surface area contributed by atoms with Crippen molar-refractivity contribution in [2.24, 2.45) is 5.92 Å². The fourth-order valence-corrected chi connectivity index (χ4v) is 2.90. The third-order valence-corrected chi connectivity index (χ3v) is 3.93. The smallest absolute Gasteiger partial charge is 0.308 e. The predicted molar refractivity (Wildman–Crippen MR) is 77.5 cm³/mol. The number of ether oxygens (including phenoxy) is 3. The largest absolute Gasteiger partial charge is 0.493 e. The van der Waals surface area contributed by atoms with E-state index >= 15 is 0 Å². The molecule has 1 aliphatic heterocycles. The Kier molecular flexibility index (Phi) is 4.57. The quantitative estimate of drug-likeness (QED) is 0.886. The zero-order chi connectivity index (χ0) is 15.6. The highest BCUT2D eigenvalue weighted by atomic mass is 16.5. The number of nitrogens with zero attached hydrogens (tertiary/aromatic N) is 1. The molecule has 1 aromatic carbocycles. The first-order chi connectivity index (χ1) is 10.0. The minimum atomic E-state index is -0.780. The van der Waals surface area contributed by atoms with Crippen molar-refractivity contribution in [2.75, 3.05) is 41.5 Å². The van der Waals surface area contributed by atoms with E-state index in [9.17, 15) is 9.90 Å². The van der Waals surface area contributed by atoms with Gasteiger partial charge in [-0.1, -0.05) is 0 Å². The minimum Gasteiger partial charge on any atom is -0.493 e. The van der Waals surface area contributed by atoms with E-state index in [1.807, 2.05) is 24.1 Å². The van der Waals surface area contributed by atoms with Crippen LogP contribution in [0.4, 0.5) is 0 Å². The maximum atomic E-state index is 11.4. The van der Waals surface area contributed by atoms with E-state index < -0.39 is 11.9 Å². The minimum absolute atomic E-state index is 0.0961.